The van der Waals surface area contributed by atoms with Crippen LogP contribution in [-0.4, -0.2) is 6.66 Å². The Morgan fingerprint density at radius 2 is 2.00 bits per heavy atom. The van der Waals surface area contributed by atoms with Gasteiger partial charge in [0.2, 0.25) is 0 Å². The first-order valence-corrected chi connectivity index (χ1v) is 6.00. The molecule has 0 fully saturated rings. The Balaban J connectivity index is 3.03. The van der Waals surface area contributed by atoms with E-state index < -0.39 is 0 Å². The molecule has 0 heterocycles. The molecular weight excluding hydrogens is 179 g/mol. The van der Waals surface area contributed by atoms with E-state index in [2.05, 4.69) is 32.9 Å². The topological polar surface area (TPSA) is 9.23 Å². The van der Waals surface area contributed by atoms with Gasteiger partial charge >= 0.3 is 0 Å². The Morgan fingerprint density at radius 3 is 2.54 bits per heavy atom. The quantitative estimate of drug-likeness (QED) is 0.669. The summed E-state index contributed by atoms with van der Waals surface area (Å²) in [6.45, 7) is 8.59. The molecule has 1 unspecified atom stereocenters. The van der Waals surface area contributed by atoms with E-state index in [1.807, 2.05) is 12.7 Å². The van der Waals surface area contributed by atoms with Gasteiger partial charge in [-0.05, 0) is 36.7 Å². The van der Waals surface area contributed by atoms with Gasteiger partial charge in [0.25, 0.3) is 0 Å². The van der Waals surface area contributed by atoms with E-state index in [1.165, 1.54) is 11.1 Å². The summed E-state index contributed by atoms with van der Waals surface area (Å²) in [7, 11) is 0.522. The van der Waals surface area contributed by atoms with Gasteiger partial charge in [-0.1, -0.05) is 26.0 Å². The van der Waals surface area contributed by atoms with Gasteiger partial charge in [0.05, 0.1) is 8.81 Å². The molecule has 0 N–H and O–H groups in total. The molecule has 0 amide bonds. The summed E-state index contributed by atoms with van der Waals surface area (Å²) in [4.78, 5) is 0. The third kappa shape index (κ3) is 2.45. The standard InChI is InChI=1S/C11H17OP/c1-8(2)10-6-5-7-11(9(10)3)12-13-4/h5-8,13H,1-4H3. The highest BCUT2D eigenvalue weighted by Gasteiger charge is 2.06. The fourth-order valence-corrected chi connectivity index (χ4v) is 1.92. The second-order valence-corrected chi connectivity index (χ2v) is 4.04. The Kier molecular flexibility index (Phi) is 3.74. The van der Waals surface area contributed by atoms with Gasteiger partial charge in [0.15, 0.2) is 0 Å². The molecule has 0 aliphatic rings. The highest BCUT2D eigenvalue weighted by atomic mass is 31.1. The maximum absolute atomic E-state index is 5.56. The van der Waals surface area contributed by atoms with Crippen molar-refractivity contribution in [2.45, 2.75) is 26.7 Å². The maximum Gasteiger partial charge on any atom is 0.126 e. The van der Waals surface area contributed by atoms with Crippen LogP contribution >= 0.6 is 8.81 Å². The molecule has 1 aromatic carbocycles. The summed E-state index contributed by atoms with van der Waals surface area (Å²) in [5, 5.41) is 0. The van der Waals surface area contributed by atoms with Crippen LogP contribution < -0.4 is 4.52 Å². The summed E-state index contributed by atoms with van der Waals surface area (Å²) < 4.78 is 5.56. The van der Waals surface area contributed by atoms with Crippen molar-refractivity contribution in [2.24, 2.45) is 0 Å². The van der Waals surface area contributed by atoms with Crippen molar-refractivity contribution in [3.63, 3.8) is 0 Å². The minimum absolute atomic E-state index is 0.522. The van der Waals surface area contributed by atoms with Gasteiger partial charge in [-0.25, -0.2) is 0 Å². The summed E-state index contributed by atoms with van der Waals surface area (Å²) in [6, 6.07) is 6.28. The molecule has 2 heteroatoms. The van der Waals surface area contributed by atoms with Crippen LogP contribution in [0, 0.1) is 6.92 Å². The summed E-state index contributed by atoms with van der Waals surface area (Å²) in [6.07, 6.45) is 0. The summed E-state index contributed by atoms with van der Waals surface area (Å²) >= 11 is 0. The van der Waals surface area contributed by atoms with E-state index in [9.17, 15) is 0 Å². The van der Waals surface area contributed by atoms with Crippen LogP contribution in [0.15, 0.2) is 18.2 Å². The number of rotatable bonds is 3. The summed E-state index contributed by atoms with van der Waals surface area (Å²) in [5.41, 5.74) is 2.67. The first-order chi connectivity index (χ1) is 6.16. The van der Waals surface area contributed by atoms with Gasteiger partial charge in [0, 0.05) is 0 Å². The molecular formula is C11H17OP. The van der Waals surface area contributed by atoms with E-state index >= 15 is 0 Å². The van der Waals surface area contributed by atoms with Crippen LogP contribution in [-0.2, 0) is 0 Å². The molecule has 0 saturated carbocycles. The largest absolute Gasteiger partial charge is 0.477 e. The van der Waals surface area contributed by atoms with Gasteiger partial charge in [-0.15, -0.1) is 0 Å². The van der Waals surface area contributed by atoms with Crippen LogP contribution in [0.4, 0.5) is 0 Å². The fraction of sp³-hybridized carbons (Fsp3) is 0.455. The molecule has 1 aromatic rings. The minimum atomic E-state index is 0.522. The lowest BCUT2D eigenvalue weighted by atomic mass is 9.98. The van der Waals surface area contributed by atoms with E-state index in [1.54, 1.807) is 0 Å². The number of hydrogen-bond donors (Lipinski definition) is 0. The molecule has 0 aliphatic carbocycles. The molecule has 1 rings (SSSR count). The van der Waals surface area contributed by atoms with Crippen molar-refractivity contribution in [3.05, 3.63) is 29.3 Å². The van der Waals surface area contributed by atoms with E-state index in [-0.39, 0.29) is 0 Å². The van der Waals surface area contributed by atoms with Crippen LogP contribution in [0.1, 0.15) is 30.9 Å². The van der Waals surface area contributed by atoms with Gasteiger partial charge in [-0.2, -0.15) is 0 Å². The Bertz CT molecular complexity index is 281. The molecule has 0 aromatic heterocycles. The van der Waals surface area contributed by atoms with Crippen LogP contribution in [0.25, 0.3) is 0 Å². The average molecular weight is 196 g/mol. The van der Waals surface area contributed by atoms with Crippen molar-refractivity contribution in [3.8, 4) is 5.75 Å². The Hall–Kier alpha value is -0.550. The van der Waals surface area contributed by atoms with Crippen LogP contribution in [0.5, 0.6) is 5.75 Å². The lowest BCUT2D eigenvalue weighted by Crippen LogP contribution is -1.93. The molecule has 0 aliphatic heterocycles. The molecule has 13 heavy (non-hydrogen) atoms. The van der Waals surface area contributed by atoms with E-state index in [0.717, 1.165) is 5.75 Å². The zero-order chi connectivity index (χ0) is 9.84. The third-order valence-corrected chi connectivity index (χ3v) is 2.58. The molecule has 0 spiro atoms. The second-order valence-electron chi connectivity index (χ2n) is 3.43. The highest BCUT2D eigenvalue weighted by Crippen LogP contribution is 2.29. The lowest BCUT2D eigenvalue weighted by Gasteiger charge is -2.13. The molecule has 0 saturated heterocycles. The second kappa shape index (κ2) is 4.62. The third-order valence-electron chi connectivity index (χ3n) is 2.16. The van der Waals surface area contributed by atoms with Crippen molar-refractivity contribution in [1.29, 1.82) is 0 Å². The zero-order valence-corrected chi connectivity index (χ0v) is 9.72. The number of hydrogen-bond acceptors (Lipinski definition) is 1. The van der Waals surface area contributed by atoms with Crippen molar-refractivity contribution < 1.29 is 4.52 Å². The van der Waals surface area contributed by atoms with Gasteiger partial charge in [0.1, 0.15) is 5.75 Å². The molecule has 1 nitrogen and oxygen atoms in total. The molecule has 72 valence electrons. The molecule has 0 bridgehead atoms. The molecule has 0 radical (unpaired) electrons. The fourth-order valence-electron chi connectivity index (χ4n) is 1.48. The minimum Gasteiger partial charge on any atom is -0.477 e. The Morgan fingerprint density at radius 1 is 1.31 bits per heavy atom. The predicted molar refractivity (Wildman–Crippen MR) is 60.1 cm³/mol. The average Bonchev–Trinajstić information content (AvgIpc) is 2.08. The monoisotopic (exact) mass is 196 g/mol. The maximum atomic E-state index is 5.56. The van der Waals surface area contributed by atoms with E-state index in [0.29, 0.717) is 14.7 Å². The van der Waals surface area contributed by atoms with E-state index in [4.69, 9.17) is 4.52 Å². The zero-order valence-electron chi connectivity index (χ0n) is 8.72. The first-order valence-electron chi connectivity index (χ1n) is 4.60. The summed E-state index contributed by atoms with van der Waals surface area (Å²) in [5.74, 6) is 1.61. The van der Waals surface area contributed by atoms with Gasteiger partial charge in [-0.3, -0.25) is 0 Å². The Labute approximate surface area is 82.4 Å². The van der Waals surface area contributed by atoms with Crippen LogP contribution in [0.2, 0.25) is 0 Å². The van der Waals surface area contributed by atoms with Crippen molar-refractivity contribution in [1.82, 2.24) is 0 Å². The van der Waals surface area contributed by atoms with Gasteiger partial charge < -0.3 is 4.52 Å². The smallest absolute Gasteiger partial charge is 0.126 e. The molecule has 1 atom stereocenters. The normalized spacial score (nSPS) is 11.5. The lowest BCUT2D eigenvalue weighted by molar-refractivity contribution is 0.625. The number of benzene rings is 1. The first kappa shape index (κ1) is 10.5. The van der Waals surface area contributed by atoms with Crippen LogP contribution in [0.3, 0.4) is 0 Å². The highest BCUT2D eigenvalue weighted by molar-refractivity contribution is 7.31. The predicted octanol–water partition coefficient (Wildman–Crippen LogP) is 3.72. The SMILES string of the molecule is CPOc1cccc(C(C)C)c1C. The van der Waals surface area contributed by atoms with Crippen molar-refractivity contribution in [2.75, 3.05) is 6.66 Å². The van der Waals surface area contributed by atoms with Crippen molar-refractivity contribution >= 4 is 8.81 Å².